The van der Waals surface area contributed by atoms with Gasteiger partial charge in [0, 0.05) is 0 Å². The molecule has 0 saturated heterocycles. The standard InChI is InChI=1S/C33H41F/c1-5-9-28-17-21-32(22-18-28)25(2)12-20-33(27(4)34)23-19-29-13-15-30(16-14-29)24-26(3)31-10-7-6-8-11-31/h6-8,10-13,17-18,20-22,26,30H,4-5,9,14-16,19,23-24H2,1-3H3/b25-12+,33-20-/t26-,30+/m0/s1. The molecule has 0 amide bonds. The van der Waals surface area contributed by atoms with E-state index in [0.717, 1.165) is 43.6 Å². The zero-order valence-electron chi connectivity index (χ0n) is 21.3. The molecule has 0 heterocycles. The first-order valence-electron chi connectivity index (χ1n) is 13.0. The maximum absolute atomic E-state index is 14.2. The van der Waals surface area contributed by atoms with Crippen LogP contribution < -0.4 is 0 Å². The van der Waals surface area contributed by atoms with Crippen molar-refractivity contribution in [3.63, 3.8) is 0 Å². The summed E-state index contributed by atoms with van der Waals surface area (Å²) in [4.78, 5) is 0. The Morgan fingerprint density at radius 3 is 2.41 bits per heavy atom. The number of hydrogen-bond acceptors (Lipinski definition) is 0. The van der Waals surface area contributed by atoms with Gasteiger partial charge in [-0.1, -0.05) is 105 Å². The van der Waals surface area contributed by atoms with Gasteiger partial charge in [0.1, 0.15) is 5.83 Å². The highest BCUT2D eigenvalue weighted by atomic mass is 19.1. The van der Waals surface area contributed by atoms with Crippen LogP contribution in [0.3, 0.4) is 0 Å². The molecule has 0 bridgehead atoms. The van der Waals surface area contributed by atoms with Crippen LogP contribution in [0.1, 0.15) is 88.3 Å². The molecule has 0 unspecified atom stereocenters. The molecule has 0 aliphatic heterocycles. The van der Waals surface area contributed by atoms with Gasteiger partial charge >= 0.3 is 0 Å². The van der Waals surface area contributed by atoms with Crippen LogP contribution in [0.25, 0.3) is 5.57 Å². The molecule has 0 radical (unpaired) electrons. The van der Waals surface area contributed by atoms with Crippen molar-refractivity contribution in [2.45, 2.75) is 78.1 Å². The van der Waals surface area contributed by atoms with E-state index in [9.17, 15) is 4.39 Å². The average Bonchev–Trinajstić information content (AvgIpc) is 2.85. The van der Waals surface area contributed by atoms with Crippen LogP contribution in [0.5, 0.6) is 0 Å². The number of aryl methyl sites for hydroxylation is 1. The second kappa shape index (κ2) is 13.3. The summed E-state index contributed by atoms with van der Waals surface area (Å²) in [5.41, 5.74) is 7.32. The van der Waals surface area contributed by atoms with Crippen molar-refractivity contribution in [1.82, 2.24) is 0 Å². The monoisotopic (exact) mass is 456 g/mol. The van der Waals surface area contributed by atoms with Crippen molar-refractivity contribution in [2.24, 2.45) is 5.92 Å². The van der Waals surface area contributed by atoms with Gasteiger partial charge in [0.05, 0.1) is 0 Å². The Hall–Kier alpha value is -2.67. The summed E-state index contributed by atoms with van der Waals surface area (Å²) in [6, 6.07) is 19.5. The van der Waals surface area contributed by atoms with E-state index >= 15 is 0 Å². The first-order chi connectivity index (χ1) is 16.5. The molecule has 2 aromatic carbocycles. The number of hydrogen-bond donors (Lipinski definition) is 0. The van der Waals surface area contributed by atoms with E-state index in [4.69, 9.17) is 0 Å². The van der Waals surface area contributed by atoms with E-state index in [-0.39, 0.29) is 5.83 Å². The lowest BCUT2D eigenvalue weighted by Crippen LogP contribution is -2.09. The summed E-state index contributed by atoms with van der Waals surface area (Å²) in [7, 11) is 0. The lowest BCUT2D eigenvalue weighted by molar-refractivity contribution is 0.404. The van der Waals surface area contributed by atoms with Crippen LogP contribution in [-0.2, 0) is 6.42 Å². The van der Waals surface area contributed by atoms with E-state index in [2.05, 4.69) is 88.0 Å². The molecule has 3 rings (SSSR count). The number of rotatable bonds is 11. The van der Waals surface area contributed by atoms with Gasteiger partial charge in [-0.25, -0.2) is 4.39 Å². The fourth-order valence-corrected chi connectivity index (χ4v) is 4.95. The minimum Gasteiger partial charge on any atom is -0.207 e. The smallest absolute Gasteiger partial charge is 0.119 e. The van der Waals surface area contributed by atoms with Gasteiger partial charge in [-0.2, -0.15) is 0 Å². The predicted molar refractivity (Wildman–Crippen MR) is 147 cm³/mol. The third kappa shape index (κ3) is 7.97. The molecule has 34 heavy (non-hydrogen) atoms. The lowest BCUT2D eigenvalue weighted by Gasteiger charge is -2.25. The van der Waals surface area contributed by atoms with Crippen molar-refractivity contribution < 1.29 is 4.39 Å². The Bertz CT molecular complexity index is 1000. The third-order valence-electron chi connectivity index (χ3n) is 7.22. The Morgan fingerprint density at radius 1 is 1.06 bits per heavy atom. The highest BCUT2D eigenvalue weighted by Gasteiger charge is 2.18. The molecule has 0 fully saturated rings. The molecular weight excluding hydrogens is 415 g/mol. The fraction of sp³-hybridized carbons (Fsp3) is 0.394. The van der Waals surface area contributed by atoms with E-state index < -0.39 is 0 Å². The van der Waals surface area contributed by atoms with Crippen LogP contribution in [0.15, 0.2) is 96.4 Å². The van der Waals surface area contributed by atoms with E-state index in [0.29, 0.717) is 17.9 Å². The minimum atomic E-state index is -0.312. The van der Waals surface area contributed by atoms with Gasteiger partial charge in [-0.15, -0.1) is 0 Å². The van der Waals surface area contributed by atoms with Crippen molar-refractivity contribution in [1.29, 1.82) is 0 Å². The lowest BCUT2D eigenvalue weighted by atomic mass is 9.81. The summed E-state index contributed by atoms with van der Waals surface area (Å²) >= 11 is 0. The second-order valence-corrected chi connectivity index (χ2v) is 9.94. The highest BCUT2D eigenvalue weighted by molar-refractivity contribution is 5.65. The van der Waals surface area contributed by atoms with Gasteiger partial charge in [0.2, 0.25) is 0 Å². The molecule has 0 spiro atoms. The molecule has 2 aromatic rings. The van der Waals surface area contributed by atoms with Gasteiger partial charge in [-0.05, 0) is 91.5 Å². The van der Waals surface area contributed by atoms with Crippen molar-refractivity contribution in [3.05, 3.63) is 113 Å². The SMILES string of the molecule is C=C(F)/C(=C\C=C(/C)c1ccc(CCC)cc1)CCC1=CC[C@@H](C[C@H](C)c2ccccc2)CC1. The zero-order valence-corrected chi connectivity index (χ0v) is 21.3. The first-order valence-corrected chi connectivity index (χ1v) is 13.0. The molecule has 2 atom stereocenters. The van der Waals surface area contributed by atoms with E-state index in [1.54, 1.807) is 0 Å². The highest BCUT2D eigenvalue weighted by Crippen LogP contribution is 2.34. The molecule has 0 aromatic heterocycles. The Kier molecular flexibility index (Phi) is 10.1. The summed E-state index contributed by atoms with van der Waals surface area (Å²) in [6.07, 6.45) is 15.0. The zero-order chi connectivity index (χ0) is 24.3. The first kappa shape index (κ1) is 25.9. The fourth-order valence-electron chi connectivity index (χ4n) is 4.95. The van der Waals surface area contributed by atoms with Crippen molar-refractivity contribution in [3.8, 4) is 0 Å². The molecular formula is C33H41F. The Morgan fingerprint density at radius 2 is 1.79 bits per heavy atom. The topological polar surface area (TPSA) is 0 Å². The molecule has 0 nitrogen and oxygen atoms in total. The number of benzene rings is 2. The van der Waals surface area contributed by atoms with Crippen LogP contribution in [0, 0.1) is 5.92 Å². The van der Waals surface area contributed by atoms with Gasteiger partial charge in [0.15, 0.2) is 0 Å². The largest absolute Gasteiger partial charge is 0.207 e. The van der Waals surface area contributed by atoms with Gasteiger partial charge < -0.3 is 0 Å². The molecule has 1 aliphatic carbocycles. The second-order valence-electron chi connectivity index (χ2n) is 9.94. The Labute approximate surface area is 207 Å². The summed E-state index contributed by atoms with van der Waals surface area (Å²) in [6.45, 7) is 10.2. The maximum Gasteiger partial charge on any atom is 0.119 e. The Balaban J connectivity index is 1.53. The molecule has 1 aliphatic rings. The van der Waals surface area contributed by atoms with Crippen LogP contribution in [-0.4, -0.2) is 0 Å². The number of allylic oxidation sites excluding steroid dienone is 7. The van der Waals surface area contributed by atoms with Gasteiger partial charge in [0.25, 0.3) is 0 Å². The normalized spacial score (nSPS) is 17.9. The van der Waals surface area contributed by atoms with Crippen molar-refractivity contribution in [2.75, 3.05) is 0 Å². The summed E-state index contributed by atoms with van der Waals surface area (Å²) < 4.78 is 14.2. The maximum atomic E-state index is 14.2. The third-order valence-corrected chi connectivity index (χ3v) is 7.22. The quantitative estimate of drug-likeness (QED) is 0.233. The average molecular weight is 457 g/mol. The van der Waals surface area contributed by atoms with Crippen molar-refractivity contribution >= 4 is 5.57 Å². The summed E-state index contributed by atoms with van der Waals surface area (Å²) in [5, 5.41) is 0. The van der Waals surface area contributed by atoms with Crippen LogP contribution in [0.4, 0.5) is 4.39 Å². The molecule has 1 heteroatoms. The van der Waals surface area contributed by atoms with E-state index in [1.807, 2.05) is 12.2 Å². The molecule has 180 valence electrons. The predicted octanol–water partition coefficient (Wildman–Crippen LogP) is 10.2. The van der Waals surface area contributed by atoms with Crippen LogP contribution in [0.2, 0.25) is 0 Å². The minimum absolute atomic E-state index is 0.312. The van der Waals surface area contributed by atoms with E-state index in [1.165, 1.54) is 35.1 Å². The number of halogens is 1. The summed E-state index contributed by atoms with van der Waals surface area (Å²) in [5.74, 6) is 1.04. The van der Waals surface area contributed by atoms with Crippen LogP contribution >= 0.6 is 0 Å². The molecule has 0 N–H and O–H groups in total. The van der Waals surface area contributed by atoms with Gasteiger partial charge in [-0.3, -0.25) is 0 Å². The molecule has 0 saturated carbocycles.